The maximum absolute atomic E-state index is 13.1. The highest BCUT2D eigenvalue weighted by atomic mass is 35.5. The van der Waals surface area contributed by atoms with Gasteiger partial charge in [-0.05, 0) is 81.5 Å². The second-order valence-electron chi connectivity index (χ2n) is 10.00. The Labute approximate surface area is 220 Å². The summed E-state index contributed by atoms with van der Waals surface area (Å²) >= 11 is 7.16. The summed E-state index contributed by atoms with van der Waals surface area (Å²) < 4.78 is 33.7. The quantitative estimate of drug-likeness (QED) is 0.581. The molecule has 0 unspecified atom stereocenters. The molecule has 0 aliphatic carbocycles. The molecule has 2 aliphatic heterocycles. The summed E-state index contributed by atoms with van der Waals surface area (Å²) in [6, 6.07) is 6.59. The molecule has 1 N–H and O–H groups in total. The molecule has 1 aromatic heterocycles. The molecule has 0 spiro atoms. The van der Waals surface area contributed by atoms with Crippen molar-refractivity contribution in [3.8, 4) is 0 Å². The van der Waals surface area contributed by atoms with E-state index in [4.69, 9.17) is 16.3 Å². The van der Waals surface area contributed by atoms with Crippen LogP contribution in [0.2, 0.25) is 4.34 Å². The van der Waals surface area contributed by atoms with E-state index in [0.717, 1.165) is 27.8 Å². The molecule has 0 bridgehead atoms. The van der Waals surface area contributed by atoms with Crippen molar-refractivity contribution in [2.45, 2.75) is 58.7 Å². The van der Waals surface area contributed by atoms with Gasteiger partial charge < -0.3 is 14.5 Å². The molecule has 0 radical (unpaired) electrons. The number of carbonyl (C=O) groups excluding carboxylic acids is 2. The van der Waals surface area contributed by atoms with Crippen LogP contribution in [0.5, 0.6) is 0 Å². The number of hydrogen-bond acceptors (Lipinski definition) is 6. The van der Waals surface area contributed by atoms with Gasteiger partial charge in [-0.1, -0.05) is 17.7 Å². The van der Waals surface area contributed by atoms with Crippen LogP contribution in [0.4, 0.5) is 10.5 Å². The normalized spacial score (nSPS) is 18.7. The molecule has 8 nitrogen and oxygen atoms in total. The molecular weight excluding hydrogens is 522 g/mol. The molecule has 1 atom stereocenters. The van der Waals surface area contributed by atoms with E-state index in [1.165, 1.54) is 17.4 Å². The fourth-order valence-electron chi connectivity index (χ4n) is 4.33. The number of nitrogens with one attached hydrogen (secondary N) is 1. The van der Waals surface area contributed by atoms with Crippen molar-refractivity contribution in [2.75, 3.05) is 18.0 Å². The van der Waals surface area contributed by atoms with Gasteiger partial charge in [0.1, 0.15) is 11.6 Å². The van der Waals surface area contributed by atoms with Gasteiger partial charge in [0, 0.05) is 35.6 Å². The van der Waals surface area contributed by atoms with Crippen molar-refractivity contribution in [2.24, 2.45) is 0 Å². The first-order valence-corrected chi connectivity index (χ1v) is 14.4. The third-order valence-corrected chi connectivity index (χ3v) is 8.29. The van der Waals surface area contributed by atoms with E-state index in [1.54, 1.807) is 21.9 Å². The number of aryl methyl sites for hydroxylation is 1. The Hall–Kier alpha value is -2.40. The lowest BCUT2D eigenvalue weighted by Gasteiger charge is -2.32. The van der Waals surface area contributed by atoms with Crippen LogP contribution >= 0.6 is 22.9 Å². The minimum absolute atomic E-state index is 0.277. The first-order valence-electron chi connectivity index (χ1n) is 11.7. The highest BCUT2D eigenvalue weighted by Crippen LogP contribution is 2.32. The second kappa shape index (κ2) is 10.2. The molecule has 1 aromatic carbocycles. The number of nitrogens with zero attached hydrogens (tertiary/aromatic N) is 2. The number of amides is 2. The van der Waals surface area contributed by atoms with Gasteiger partial charge in [-0.2, -0.15) is 4.72 Å². The van der Waals surface area contributed by atoms with E-state index >= 15 is 0 Å². The van der Waals surface area contributed by atoms with Crippen LogP contribution in [0.1, 0.15) is 48.8 Å². The monoisotopic (exact) mass is 551 g/mol. The molecule has 1 fully saturated rings. The lowest BCUT2D eigenvalue weighted by molar-refractivity contribution is -0.118. The Morgan fingerprint density at radius 1 is 1.22 bits per heavy atom. The van der Waals surface area contributed by atoms with Gasteiger partial charge in [-0.15, -0.1) is 11.3 Å². The highest BCUT2D eigenvalue weighted by Gasteiger charge is 2.36. The summed E-state index contributed by atoms with van der Waals surface area (Å²) in [7, 11) is -3.81. The van der Waals surface area contributed by atoms with Gasteiger partial charge in [-0.3, -0.25) is 4.79 Å². The number of thiophene rings is 1. The van der Waals surface area contributed by atoms with Crippen LogP contribution in [-0.2, 0) is 32.5 Å². The van der Waals surface area contributed by atoms with Gasteiger partial charge in [0.05, 0.1) is 4.34 Å². The molecule has 36 heavy (non-hydrogen) atoms. The van der Waals surface area contributed by atoms with Crippen molar-refractivity contribution in [1.82, 2.24) is 9.62 Å². The summed E-state index contributed by atoms with van der Waals surface area (Å²) in [4.78, 5) is 29.7. The second-order valence-corrected chi connectivity index (χ2v) is 13.3. The molecule has 1 saturated heterocycles. The first-order chi connectivity index (χ1) is 16.8. The van der Waals surface area contributed by atoms with Gasteiger partial charge in [-0.25, -0.2) is 13.2 Å². The van der Waals surface area contributed by atoms with Crippen LogP contribution in [0.3, 0.4) is 0 Å². The number of benzene rings is 1. The van der Waals surface area contributed by atoms with Crippen LogP contribution in [-0.4, -0.2) is 50.1 Å². The molecule has 4 rings (SSSR count). The van der Waals surface area contributed by atoms with Gasteiger partial charge >= 0.3 is 6.09 Å². The van der Waals surface area contributed by atoms with Gasteiger partial charge in [0.15, 0.2) is 0 Å². The number of rotatable bonds is 5. The van der Waals surface area contributed by atoms with Crippen molar-refractivity contribution in [3.63, 3.8) is 0 Å². The number of hydrogen-bond donors (Lipinski definition) is 1. The number of fused-ring (bicyclic) bond motifs is 1. The van der Waals surface area contributed by atoms with E-state index in [-0.39, 0.29) is 12.0 Å². The Morgan fingerprint density at radius 3 is 2.64 bits per heavy atom. The van der Waals surface area contributed by atoms with Crippen LogP contribution in [0, 0.1) is 6.92 Å². The number of halogens is 1. The fourth-order valence-corrected chi connectivity index (χ4v) is 6.40. The molecule has 11 heteroatoms. The van der Waals surface area contributed by atoms with Gasteiger partial charge in [0.25, 0.3) is 0 Å². The molecule has 3 heterocycles. The van der Waals surface area contributed by atoms with Gasteiger partial charge in [0.2, 0.25) is 15.9 Å². The zero-order valence-corrected chi connectivity index (χ0v) is 23.1. The Kier molecular flexibility index (Phi) is 7.52. The third kappa shape index (κ3) is 6.29. The Morgan fingerprint density at radius 2 is 1.97 bits per heavy atom. The largest absolute Gasteiger partial charge is 0.444 e. The van der Waals surface area contributed by atoms with E-state index < -0.39 is 21.7 Å². The van der Waals surface area contributed by atoms with Crippen LogP contribution in [0.15, 0.2) is 29.7 Å². The zero-order valence-electron chi connectivity index (χ0n) is 20.7. The van der Waals surface area contributed by atoms with Crippen molar-refractivity contribution < 1.29 is 22.7 Å². The molecule has 194 valence electrons. The smallest absolute Gasteiger partial charge is 0.410 e. The van der Waals surface area contributed by atoms with Crippen molar-refractivity contribution in [1.29, 1.82) is 0 Å². The predicted octanol–water partition coefficient (Wildman–Crippen LogP) is 4.70. The Bertz CT molecular complexity index is 1310. The summed E-state index contributed by atoms with van der Waals surface area (Å²) in [5, 5.41) is 1.06. The van der Waals surface area contributed by atoms with Crippen LogP contribution < -0.4 is 9.62 Å². The topological polar surface area (TPSA) is 96.0 Å². The molecule has 2 aliphatic rings. The first kappa shape index (κ1) is 26.7. The average Bonchev–Trinajstić information content (AvgIpc) is 3.35. The number of ether oxygens (including phenoxy) is 1. The van der Waals surface area contributed by atoms with E-state index in [9.17, 15) is 18.0 Å². The number of anilines is 1. The standard InChI is InChI=1S/C25H30ClN3O5S2/c1-16-13-18-15-28(24(31)34-25(2,3)4)10-7-17(18)14-21(16)29-11-8-20(23(29)30)27-36(32,33)12-9-19-5-6-22(26)35-19/h5-6,9,12-14,20,27H,7-8,10-11,15H2,1-4H3/t20-/m0/s1. The lowest BCUT2D eigenvalue weighted by Crippen LogP contribution is -2.41. The van der Waals surface area contributed by atoms with E-state index in [2.05, 4.69) is 4.72 Å². The Balaban J connectivity index is 1.44. The maximum Gasteiger partial charge on any atom is 0.410 e. The molecule has 0 saturated carbocycles. The molecular formula is C25H30ClN3O5S2. The third-order valence-electron chi connectivity index (χ3n) is 5.99. The minimum atomic E-state index is -3.81. The van der Waals surface area contributed by atoms with E-state index in [1.807, 2.05) is 39.8 Å². The van der Waals surface area contributed by atoms with Crippen molar-refractivity contribution in [3.05, 3.63) is 55.6 Å². The average molecular weight is 552 g/mol. The summed E-state index contributed by atoms with van der Waals surface area (Å²) in [5.41, 5.74) is 3.21. The van der Waals surface area contributed by atoms with Crippen LogP contribution in [0.25, 0.3) is 6.08 Å². The van der Waals surface area contributed by atoms with Crippen molar-refractivity contribution >= 4 is 56.7 Å². The zero-order chi connectivity index (χ0) is 26.3. The minimum Gasteiger partial charge on any atom is -0.444 e. The van der Waals surface area contributed by atoms with E-state index in [0.29, 0.717) is 41.7 Å². The maximum atomic E-state index is 13.1. The summed E-state index contributed by atoms with van der Waals surface area (Å²) in [6.07, 6.45) is 2.15. The summed E-state index contributed by atoms with van der Waals surface area (Å²) in [5.74, 6) is -0.277. The molecule has 2 amide bonds. The SMILES string of the molecule is Cc1cc2c(cc1N1CC[C@H](NS(=O)(=O)C=Cc3ccc(Cl)s3)C1=O)CCN(C(=O)OC(C)(C)C)C2. The number of carbonyl (C=O) groups is 2. The highest BCUT2D eigenvalue weighted by molar-refractivity contribution is 7.92. The molecule has 2 aromatic rings. The predicted molar refractivity (Wildman–Crippen MR) is 143 cm³/mol. The summed E-state index contributed by atoms with van der Waals surface area (Å²) in [6.45, 7) is 8.84. The number of sulfonamides is 1. The lowest BCUT2D eigenvalue weighted by atomic mass is 9.96. The fraction of sp³-hybridized carbons (Fsp3) is 0.440.